The van der Waals surface area contributed by atoms with Crippen LogP contribution in [-0.4, -0.2) is 28.5 Å². The van der Waals surface area contributed by atoms with Gasteiger partial charge < -0.3 is 19.2 Å². The smallest absolute Gasteiger partial charge is 0.277 e. The van der Waals surface area contributed by atoms with E-state index >= 15 is 0 Å². The van der Waals surface area contributed by atoms with Crippen LogP contribution in [0.25, 0.3) is 0 Å². The third kappa shape index (κ3) is 5.71. The van der Waals surface area contributed by atoms with E-state index in [1.807, 2.05) is 19.1 Å². The van der Waals surface area contributed by atoms with Gasteiger partial charge in [0.2, 0.25) is 5.91 Å². The molecule has 9 heteroatoms. The van der Waals surface area contributed by atoms with Crippen LogP contribution in [0.2, 0.25) is 0 Å². The summed E-state index contributed by atoms with van der Waals surface area (Å²) < 4.78 is 30.2. The van der Waals surface area contributed by atoms with Gasteiger partial charge in [0.15, 0.2) is 17.7 Å². The van der Waals surface area contributed by atoms with Gasteiger partial charge in [-0.25, -0.2) is 4.39 Å². The summed E-state index contributed by atoms with van der Waals surface area (Å²) in [5, 5.41) is 10.8. The number of nitrogens with one attached hydrogen (secondary N) is 1. The second-order valence-corrected chi connectivity index (χ2v) is 6.79. The number of para-hydroxylation sites is 3. The lowest BCUT2D eigenvalue weighted by Gasteiger charge is -2.11. The molecule has 0 aliphatic carbocycles. The maximum Gasteiger partial charge on any atom is 0.277 e. The second kappa shape index (κ2) is 9.92. The van der Waals surface area contributed by atoms with Gasteiger partial charge in [0, 0.05) is 0 Å². The first-order chi connectivity index (χ1) is 14.1. The molecule has 0 unspecified atom stereocenters. The highest BCUT2D eigenvalue weighted by Crippen LogP contribution is 2.27. The van der Waals surface area contributed by atoms with Crippen molar-refractivity contribution in [1.82, 2.24) is 10.2 Å². The molecule has 0 bridgehead atoms. The predicted molar refractivity (Wildman–Crippen MR) is 107 cm³/mol. The molecule has 7 nitrogen and oxygen atoms in total. The molecule has 0 saturated carbocycles. The van der Waals surface area contributed by atoms with Crippen molar-refractivity contribution < 1.29 is 23.1 Å². The molecule has 0 saturated heterocycles. The van der Waals surface area contributed by atoms with Gasteiger partial charge in [0.25, 0.3) is 11.1 Å². The molecule has 3 aromatic rings. The Kier molecular flexibility index (Phi) is 7.07. The first-order valence-corrected chi connectivity index (χ1v) is 9.94. The fraction of sp³-hybridized carbons (Fsp3) is 0.250. The highest BCUT2D eigenvalue weighted by atomic mass is 32.2. The largest absolute Gasteiger partial charge is 0.492 e. The summed E-state index contributed by atoms with van der Waals surface area (Å²) in [5.74, 6) is 0.255. The lowest BCUT2D eigenvalue weighted by Crippen LogP contribution is -2.14. The minimum Gasteiger partial charge on any atom is -0.492 e. The molecule has 1 amide bonds. The summed E-state index contributed by atoms with van der Waals surface area (Å²) in [6.45, 7) is 4.05. The summed E-state index contributed by atoms with van der Waals surface area (Å²) in [6, 6.07) is 13.3. The zero-order chi connectivity index (χ0) is 20.6. The Hall–Kier alpha value is -3.07. The quantitative estimate of drug-likeness (QED) is 0.514. The number of anilines is 1. The third-order valence-electron chi connectivity index (χ3n) is 3.70. The molecule has 1 N–H and O–H groups in total. The number of ether oxygens (including phenoxy) is 2. The average molecular weight is 417 g/mol. The second-order valence-electron chi connectivity index (χ2n) is 5.86. The van der Waals surface area contributed by atoms with E-state index in [2.05, 4.69) is 15.5 Å². The van der Waals surface area contributed by atoms with Gasteiger partial charge in [-0.05, 0) is 38.1 Å². The van der Waals surface area contributed by atoms with Crippen LogP contribution in [-0.2, 0) is 4.79 Å². The number of halogens is 1. The van der Waals surface area contributed by atoms with Crippen molar-refractivity contribution in [2.45, 2.75) is 25.2 Å². The number of thioether (sulfide) groups is 1. The van der Waals surface area contributed by atoms with E-state index in [4.69, 9.17) is 13.9 Å². The Morgan fingerprint density at radius 1 is 1.17 bits per heavy atom. The molecule has 3 rings (SSSR count). The number of carbonyl (C=O) groups is 1. The average Bonchev–Trinajstić information content (AvgIpc) is 3.19. The van der Waals surface area contributed by atoms with Gasteiger partial charge in [-0.1, -0.05) is 36.0 Å². The molecule has 0 aliphatic heterocycles. The van der Waals surface area contributed by atoms with Crippen LogP contribution < -0.4 is 14.8 Å². The van der Waals surface area contributed by atoms with E-state index in [0.29, 0.717) is 18.0 Å². The number of amides is 1. The number of benzene rings is 2. The van der Waals surface area contributed by atoms with Crippen LogP contribution in [0.1, 0.15) is 25.8 Å². The first kappa shape index (κ1) is 20.7. The Bertz CT molecular complexity index is 966. The van der Waals surface area contributed by atoms with Gasteiger partial charge >= 0.3 is 0 Å². The molecule has 2 aromatic carbocycles. The summed E-state index contributed by atoms with van der Waals surface area (Å²) in [7, 11) is 0. The SMILES string of the molecule is CCOc1ccccc1NC(=O)CSc1nnc([C@@H](C)Oc2ccccc2F)o1. The van der Waals surface area contributed by atoms with Gasteiger partial charge in [-0.15, -0.1) is 10.2 Å². The van der Waals surface area contributed by atoms with Crippen molar-refractivity contribution in [2.75, 3.05) is 17.7 Å². The zero-order valence-corrected chi connectivity index (χ0v) is 16.7. The monoisotopic (exact) mass is 417 g/mol. The highest BCUT2D eigenvalue weighted by Gasteiger charge is 2.18. The van der Waals surface area contributed by atoms with Crippen molar-refractivity contribution in [3.63, 3.8) is 0 Å². The van der Waals surface area contributed by atoms with E-state index in [0.717, 1.165) is 11.8 Å². The van der Waals surface area contributed by atoms with Gasteiger partial charge in [-0.3, -0.25) is 4.79 Å². The molecule has 1 aromatic heterocycles. The molecule has 0 spiro atoms. The van der Waals surface area contributed by atoms with E-state index in [-0.39, 0.29) is 28.5 Å². The van der Waals surface area contributed by atoms with Gasteiger partial charge in [0.05, 0.1) is 18.0 Å². The van der Waals surface area contributed by atoms with E-state index in [1.54, 1.807) is 31.2 Å². The van der Waals surface area contributed by atoms with Crippen LogP contribution in [0.3, 0.4) is 0 Å². The van der Waals surface area contributed by atoms with Crippen molar-refractivity contribution in [3.05, 3.63) is 60.2 Å². The molecular weight excluding hydrogens is 397 g/mol. The Balaban J connectivity index is 1.54. The predicted octanol–water partition coefficient (Wildman–Crippen LogP) is 4.48. The minimum atomic E-state index is -0.638. The number of rotatable bonds is 9. The topological polar surface area (TPSA) is 86.5 Å². The van der Waals surface area contributed by atoms with Crippen molar-refractivity contribution >= 4 is 23.4 Å². The highest BCUT2D eigenvalue weighted by molar-refractivity contribution is 7.99. The summed E-state index contributed by atoms with van der Waals surface area (Å²) in [4.78, 5) is 12.2. The fourth-order valence-corrected chi connectivity index (χ4v) is 2.96. The minimum absolute atomic E-state index is 0.0741. The zero-order valence-electron chi connectivity index (χ0n) is 15.9. The maximum absolute atomic E-state index is 13.7. The van der Waals surface area contributed by atoms with Crippen molar-refractivity contribution in [3.8, 4) is 11.5 Å². The molecule has 1 heterocycles. The van der Waals surface area contributed by atoms with Crippen LogP contribution in [0, 0.1) is 5.82 Å². The lowest BCUT2D eigenvalue weighted by atomic mass is 10.3. The van der Waals surface area contributed by atoms with Crippen molar-refractivity contribution in [2.24, 2.45) is 0 Å². The molecule has 152 valence electrons. The lowest BCUT2D eigenvalue weighted by molar-refractivity contribution is -0.113. The number of carbonyl (C=O) groups excluding carboxylic acids is 1. The molecule has 0 fully saturated rings. The number of nitrogens with zero attached hydrogens (tertiary/aromatic N) is 2. The number of aromatic nitrogens is 2. The van der Waals surface area contributed by atoms with E-state index in [9.17, 15) is 9.18 Å². The summed E-state index contributed by atoms with van der Waals surface area (Å²) >= 11 is 1.09. The molecule has 0 radical (unpaired) electrons. The Morgan fingerprint density at radius 2 is 1.90 bits per heavy atom. The Morgan fingerprint density at radius 3 is 2.66 bits per heavy atom. The number of hydrogen-bond donors (Lipinski definition) is 1. The van der Waals surface area contributed by atoms with E-state index in [1.165, 1.54) is 12.1 Å². The van der Waals surface area contributed by atoms with Crippen LogP contribution in [0.15, 0.2) is 58.2 Å². The fourth-order valence-electron chi connectivity index (χ4n) is 2.39. The molecule has 29 heavy (non-hydrogen) atoms. The normalized spacial score (nSPS) is 11.7. The third-order valence-corrected chi connectivity index (χ3v) is 4.52. The van der Waals surface area contributed by atoms with Gasteiger partial charge in [-0.2, -0.15) is 0 Å². The van der Waals surface area contributed by atoms with Crippen LogP contribution in [0.5, 0.6) is 11.5 Å². The molecule has 1 atom stereocenters. The maximum atomic E-state index is 13.7. The summed E-state index contributed by atoms with van der Waals surface area (Å²) in [6.07, 6.45) is -0.638. The molecular formula is C20H20FN3O4S. The van der Waals surface area contributed by atoms with Crippen LogP contribution in [0.4, 0.5) is 10.1 Å². The summed E-state index contributed by atoms with van der Waals surface area (Å²) in [5.41, 5.74) is 0.595. The van der Waals surface area contributed by atoms with Crippen LogP contribution >= 0.6 is 11.8 Å². The van der Waals surface area contributed by atoms with Gasteiger partial charge in [0.1, 0.15) is 5.75 Å². The standard InChI is InChI=1S/C20H20FN3O4S/c1-3-26-17-11-7-5-9-15(17)22-18(25)12-29-20-24-23-19(28-20)13(2)27-16-10-6-4-8-14(16)21/h4-11,13H,3,12H2,1-2H3,(H,22,25)/t13-/m1/s1. The van der Waals surface area contributed by atoms with E-state index < -0.39 is 11.9 Å². The number of hydrogen-bond acceptors (Lipinski definition) is 7. The molecule has 0 aliphatic rings. The Labute approximate surface area is 171 Å². The van der Waals surface area contributed by atoms with Crippen molar-refractivity contribution in [1.29, 1.82) is 0 Å². The first-order valence-electron chi connectivity index (χ1n) is 8.96.